The lowest BCUT2D eigenvalue weighted by Gasteiger charge is -2.06. The van der Waals surface area contributed by atoms with Gasteiger partial charge in [-0.2, -0.15) is 11.3 Å². The molecule has 0 unspecified atom stereocenters. The first-order valence-corrected chi connectivity index (χ1v) is 8.57. The SMILES string of the molecule is CNC(=O)c1cccc(NC(=O)CCc2nnc(-c3ccsc3)o2)c1. The van der Waals surface area contributed by atoms with Crippen molar-refractivity contribution in [2.75, 3.05) is 12.4 Å². The minimum absolute atomic E-state index is 0.190. The van der Waals surface area contributed by atoms with Crippen LogP contribution >= 0.6 is 11.3 Å². The zero-order valence-corrected chi connectivity index (χ0v) is 14.3. The van der Waals surface area contributed by atoms with Gasteiger partial charge in [0.2, 0.25) is 17.7 Å². The summed E-state index contributed by atoms with van der Waals surface area (Å²) in [6, 6.07) is 8.64. The van der Waals surface area contributed by atoms with Gasteiger partial charge in [-0.15, -0.1) is 10.2 Å². The van der Waals surface area contributed by atoms with Crippen molar-refractivity contribution in [2.24, 2.45) is 0 Å². The van der Waals surface area contributed by atoms with Crippen molar-refractivity contribution in [3.05, 3.63) is 52.5 Å². The van der Waals surface area contributed by atoms with Crippen LogP contribution in [0.15, 0.2) is 45.5 Å². The first kappa shape index (κ1) is 16.8. The Morgan fingerprint density at radius 2 is 2.12 bits per heavy atom. The van der Waals surface area contributed by atoms with Gasteiger partial charge < -0.3 is 15.1 Å². The van der Waals surface area contributed by atoms with E-state index in [0.29, 0.717) is 29.5 Å². The molecule has 0 saturated carbocycles. The van der Waals surface area contributed by atoms with Gasteiger partial charge in [0.1, 0.15) is 0 Å². The quantitative estimate of drug-likeness (QED) is 0.708. The molecule has 2 amide bonds. The molecule has 3 aromatic rings. The lowest BCUT2D eigenvalue weighted by Crippen LogP contribution is -2.18. The van der Waals surface area contributed by atoms with Crippen LogP contribution in [0.4, 0.5) is 5.69 Å². The number of carbonyl (C=O) groups is 2. The summed E-state index contributed by atoms with van der Waals surface area (Å²) in [5.41, 5.74) is 1.92. The second kappa shape index (κ2) is 7.71. The zero-order chi connectivity index (χ0) is 17.6. The van der Waals surface area contributed by atoms with E-state index in [1.165, 1.54) is 0 Å². The number of rotatable bonds is 6. The van der Waals surface area contributed by atoms with E-state index in [-0.39, 0.29) is 18.2 Å². The number of anilines is 1. The average molecular weight is 356 g/mol. The van der Waals surface area contributed by atoms with Crippen LogP contribution in [0.5, 0.6) is 0 Å². The van der Waals surface area contributed by atoms with Gasteiger partial charge in [0.15, 0.2) is 0 Å². The number of benzene rings is 1. The van der Waals surface area contributed by atoms with E-state index in [0.717, 1.165) is 5.56 Å². The molecule has 8 heteroatoms. The Bertz CT molecular complexity index is 874. The van der Waals surface area contributed by atoms with Crippen molar-refractivity contribution in [2.45, 2.75) is 12.8 Å². The first-order chi connectivity index (χ1) is 12.2. The third-order valence-corrected chi connectivity index (χ3v) is 4.12. The highest BCUT2D eigenvalue weighted by Gasteiger charge is 2.11. The fraction of sp³-hybridized carbons (Fsp3) is 0.176. The number of nitrogens with one attached hydrogen (secondary N) is 2. The van der Waals surface area contributed by atoms with E-state index < -0.39 is 0 Å². The molecule has 25 heavy (non-hydrogen) atoms. The molecule has 0 bridgehead atoms. The molecular formula is C17H16N4O3S. The molecule has 0 spiro atoms. The molecule has 1 aromatic carbocycles. The standard InChI is InChI=1S/C17H16N4O3S/c1-18-16(23)11-3-2-4-13(9-11)19-14(22)5-6-15-20-21-17(24-15)12-7-8-25-10-12/h2-4,7-10H,5-6H2,1H3,(H,18,23)(H,19,22). The lowest BCUT2D eigenvalue weighted by molar-refractivity contribution is -0.116. The third-order valence-electron chi connectivity index (χ3n) is 3.44. The highest BCUT2D eigenvalue weighted by Crippen LogP contribution is 2.21. The van der Waals surface area contributed by atoms with E-state index >= 15 is 0 Å². The number of nitrogens with zero attached hydrogens (tertiary/aromatic N) is 2. The number of hydrogen-bond acceptors (Lipinski definition) is 6. The van der Waals surface area contributed by atoms with Crippen molar-refractivity contribution in [3.8, 4) is 11.5 Å². The van der Waals surface area contributed by atoms with Gasteiger partial charge in [-0.05, 0) is 29.6 Å². The molecule has 2 N–H and O–H groups in total. The van der Waals surface area contributed by atoms with Crippen molar-refractivity contribution >= 4 is 28.8 Å². The Hall–Kier alpha value is -3.00. The predicted molar refractivity (Wildman–Crippen MR) is 94.4 cm³/mol. The number of hydrogen-bond donors (Lipinski definition) is 2. The number of thiophene rings is 1. The van der Waals surface area contributed by atoms with Crippen LogP contribution < -0.4 is 10.6 Å². The van der Waals surface area contributed by atoms with Gasteiger partial charge in [-0.3, -0.25) is 9.59 Å². The van der Waals surface area contributed by atoms with E-state index in [9.17, 15) is 9.59 Å². The Kier molecular flexibility index (Phi) is 5.20. The summed E-state index contributed by atoms with van der Waals surface area (Å²) < 4.78 is 5.55. The maximum absolute atomic E-state index is 12.1. The van der Waals surface area contributed by atoms with Gasteiger partial charge >= 0.3 is 0 Å². The normalized spacial score (nSPS) is 10.4. The molecule has 0 aliphatic carbocycles. The molecule has 0 fully saturated rings. The summed E-state index contributed by atoms with van der Waals surface area (Å²) in [6.07, 6.45) is 0.549. The maximum Gasteiger partial charge on any atom is 0.251 e. The average Bonchev–Trinajstić information content (AvgIpc) is 3.30. The second-order valence-electron chi connectivity index (χ2n) is 5.22. The summed E-state index contributed by atoms with van der Waals surface area (Å²) in [7, 11) is 1.56. The van der Waals surface area contributed by atoms with Crippen LogP contribution in [-0.2, 0) is 11.2 Å². The lowest BCUT2D eigenvalue weighted by atomic mass is 10.2. The van der Waals surface area contributed by atoms with Gasteiger partial charge in [-0.1, -0.05) is 6.07 Å². The fourth-order valence-corrected chi connectivity index (χ4v) is 2.81. The number of aryl methyl sites for hydroxylation is 1. The third kappa shape index (κ3) is 4.30. The molecule has 2 heterocycles. The maximum atomic E-state index is 12.1. The van der Waals surface area contributed by atoms with E-state index in [4.69, 9.17) is 4.42 Å². The van der Waals surface area contributed by atoms with Gasteiger partial charge in [0.05, 0.1) is 0 Å². The molecular weight excluding hydrogens is 340 g/mol. The van der Waals surface area contributed by atoms with Crippen LogP contribution in [0.1, 0.15) is 22.7 Å². The summed E-state index contributed by atoms with van der Waals surface area (Å²) in [4.78, 5) is 23.7. The minimum atomic E-state index is -0.206. The molecule has 128 valence electrons. The topological polar surface area (TPSA) is 97.1 Å². The van der Waals surface area contributed by atoms with Gasteiger partial charge in [0.25, 0.3) is 5.91 Å². The smallest absolute Gasteiger partial charge is 0.251 e. The molecule has 0 saturated heterocycles. The van der Waals surface area contributed by atoms with Crippen molar-refractivity contribution in [1.29, 1.82) is 0 Å². The number of amides is 2. The molecule has 0 aliphatic rings. The van der Waals surface area contributed by atoms with E-state index in [1.54, 1.807) is 42.6 Å². The van der Waals surface area contributed by atoms with Crippen LogP contribution in [-0.4, -0.2) is 29.1 Å². The number of carbonyl (C=O) groups excluding carboxylic acids is 2. The molecule has 7 nitrogen and oxygen atoms in total. The van der Waals surface area contributed by atoms with Crippen molar-refractivity contribution in [1.82, 2.24) is 15.5 Å². The predicted octanol–water partition coefficient (Wildman–Crippen LogP) is 2.73. The molecule has 0 radical (unpaired) electrons. The Labute approximate surface area is 148 Å². The Balaban J connectivity index is 1.56. The Morgan fingerprint density at radius 3 is 2.88 bits per heavy atom. The zero-order valence-electron chi connectivity index (χ0n) is 13.5. The van der Waals surface area contributed by atoms with Crippen LogP contribution in [0, 0.1) is 0 Å². The molecule has 2 aromatic heterocycles. The van der Waals surface area contributed by atoms with Crippen molar-refractivity contribution in [3.63, 3.8) is 0 Å². The van der Waals surface area contributed by atoms with Crippen LogP contribution in [0.25, 0.3) is 11.5 Å². The van der Waals surface area contributed by atoms with Gasteiger partial charge in [0, 0.05) is 42.1 Å². The van der Waals surface area contributed by atoms with E-state index in [1.807, 2.05) is 16.8 Å². The molecule has 3 rings (SSSR count). The molecule has 0 aliphatic heterocycles. The van der Waals surface area contributed by atoms with E-state index in [2.05, 4.69) is 20.8 Å². The van der Waals surface area contributed by atoms with Crippen LogP contribution in [0.2, 0.25) is 0 Å². The van der Waals surface area contributed by atoms with Crippen LogP contribution in [0.3, 0.4) is 0 Å². The monoisotopic (exact) mass is 356 g/mol. The summed E-state index contributed by atoms with van der Waals surface area (Å²) in [5, 5.41) is 17.1. The van der Waals surface area contributed by atoms with Crippen molar-refractivity contribution < 1.29 is 14.0 Å². The fourth-order valence-electron chi connectivity index (χ4n) is 2.18. The van der Waals surface area contributed by atoms with Gasteiger partial charge in [-0.25, -0.2) is 0 Å². The highest BCUT2D eigenvalue weighted by molar-refractivity contribution is 7.08. The second-order valence-corrected chi connectivity index (χ2v) is 6.00. The highest BCUT2D eigenvalue weighted by atomic mass is 32.1. The summed E-state index contributed by atoms with van der Waals surface area (Å²) >= 11 is 1.55. The minimum Gasteiger partial charge on any atom is -0.421 e. The Morgan fingerprint density at radius 1 is 1.24 bits per heavy atom. The number of aromatic nitrogens is 2. The summed E-state index contributed by atoms with van der Waals surface area (Å²) in [6.45, 7) is 0. The summed E-state index contributed by atoms with van der Waals surface area (Å²) in [5.74, 6) is 0.470. The first-order valence-electron chi connectivity index (χ1n) is 7.62. The molecule has 0 atom stereocenters. The largest absolute Gasteiger partial charge is 0.421 e.